The predicted octanol–water partition coefficient (Wildman–Crippen LogP) is 2.10. The number of carbonyl (C=O) groups excluding carboxylic acids is 2. The van der Waals surface area contributed by atoms with Gasteiger partial charge in [0, 0.05) is 31.6 Å². The summed E-state index contributed by atoms with van der Waals surface area (Å²) in [7, 11) is 1.56. The second-order valence-electron chi connectivity index (χ2n) is 6.84. The summed E-state index contributed by atoms with van der Waals surface area (Å²) in [4.78, 5) is 29.0. The molecule has 0 atom stereocenters. The van der Waals surface area contributed by atoms with Crippen molar-refractivity contribution in [1.29, 1.82) is 0 Å². The van der Waals surface area contributed by atoms with Gasteiger partial charge in [-0.05, 0) is 23.8 Å². The Kier molecular flexibility index (Phi) is 4.97. The van der Waals surface area contributed by atoms with Gasteiger partial charge in [0.25, 0.3) is 5.91 Å². The molecular formula is C21H22N4O3. The normalized spacial score (nSPS) is 14.3. The summed E-state index contributed by atoms with van der Waals surface area (Å²) in [6.07, 6.45) is 2.11. The number of aromatic amines is 1. The number of nitrogens with zero attached hydrogens (tertiary/aromatic N) is 3. The molecule has 0 saturated carbocycles. The van der Waals surface area contributed by atoms with Gasteiger partial charge >= 0.3 is 0 Å². The van der Waals surface area contributed by atoms with E-state index in [-0.39, 0.29) is 11.8 Å². The number of benzene rings is 2. The molecule has 4 rings (SSSR count). The van der Waals surface area contributed by atoms with Crippen molar-refractivity contribution in [2.75, 3.05) is 33.3 Å². The Balaban J connectivity index is 1.36. The Morgan fingerprint density at radius 1 is 1.07 bits per heavy atom. The van der Waals surface area contributed by atoms with Crippen molar-refractivity contribution in [1.82, 2.24) is 20.0 Å². The number of ether oxygens (including phenoxy) is 1. The molecule has 1 aromatic heterocycles. The first-order valence-corrected chi connectivity index (χ1v) is 9.28. The Labute approximate surface area is 162 Å². The Bertz CT molecular complexity index is 1010. The van der Waals surface area contributed by atoms with E-state index < -0.39 is 0 Å². The predicted molar refractivity (Wildman–Crippen MR) is 105 cm³/mol. The third-order valence-electron chi connectivity index (χ3n) is 5.12. The number of hydrogen-bond donors (Lipinski definition) is 1. The fourth-order valence-corrected chi connectivity index (χ4v) is 3.53. The highest BCUT2D eigenvalue weighted by Gasteiger charge is 2.26. The van der Waals surface area contributed by atoms with Gasteiger partial charge in [0.1, 0.15) is 5.75 Å². The summed E-state index contributed by atoms with van der Waals surface area (Å²) in [5.74, 6) is 0.581. The van der Waals surface area contributed by atoms with Gasteiger partial charge < -0.3 is 14.5 Å². The van der Waals surface area contributed by atoms with E-state index in [0.717, 1.165) is 16.5 Å². The van der Waals surface area contributed by atoms with Crippen LogP contribution in [0.4, 0.5) is 0 Å². The smallest absolute Gasteiger partial charge is 0.257 e. The maximum atomic E-state index is 12.8. The van der Waals surface area contributed by atoms with E-state index in [2.05, 4.69) is 10.2 Å². The molecule has 2 heterocycles. The zero-order valence-corrected chi connectivity index (χ0v) is 15.7. The Morgan fingerprint density at radius 2 is 1.82 bits per heavy atom. The third kappa shape index (κ3) is 3.55. The van der Waals surface area contributed by atoms with Crippen molar-refractivity contribution in [2.45, 2.75) is 6.42 Å². The number of aromatic nitrogens is 2. The van der Waals surface area contributed by atoms with Crippen LogP contribution in [0.1, 0.15) is 15.9 Å². The first-order chi connectivity index (χ1) is 13.7. The van der Waals surface area contributed by atoms with Crippen LogP contribution in [-0.2, 0) is 11.2 Å². The molecule has 2 amide bonds. The molecule has 1 aliphatic heterocycles. The van der Waals surface area contributed by atoms with Crippen LogP contribution in [0.25, 0.3) is 10.9 Å². The molecule has 0 radical (unpaired) electrons. The van der Waals surface area contributed by atoms with Gasteiger partial charge in [-0.3, -0.25) is 14.7 Å². The monoisotopic (exact) mass is 378 g/mol. The lowest BCUT2D eigenvalue weighted by molar-refractivity contribution is -0.131. The highest BCUT2D eigenvalue weighted by molar-refractivity contribution is 5.97. The summed E-state index contributed by atoms with van der Waals surface area (Å²) >= 11 is 0. The van der Waals surface area contributed by atoms with E-state index in [1.807, 2.05) is 35.2 Å². The standard InChI is InChI=1S/C21H22N4O3/c1-28-19-5-3-2-4-17(19)21(27)25-10-8-24(9-11-25)20(26)13-15-6-7-16-14-22-23-18(16)12-15/h2-7,12,14H,8-11,13H2,1H3,(H,22,23). The Morgan fingerprint density at radius 3 is 2.61 bits per heavy atom. The number of amides is 2. The molecule has 7 nitrogen and oxygen atoms in total. The fraction of sp³-hybridized carbons (Fsp3) is 0.286. The van der Waals surface area contributed by atoms with Crippen LogP contribution < -0.4 is 4.74 Å². The molecule has 0 aliphatic carbocycles. The molecular weight excluding hydrogens is 356 g/mol. The van der Waals surface area contributed by atoms with Gasteiger partial charge in [-0.1, -0.05) is 24.3 Å². The minimum absolute atomic E-state index is 0.0609. The molecule has 2 aromatic carbocycles. The number of piperazine rings is 1. The quantitative estimate of drug-likeness (QED) is 0.754. The van der Waals surface area contributed by atoms with Crippen molar-refractivity contribution < 1.29 is 14.3 Å². The molecule has 7 heteroatoms. The van der Waals surface area contributed by atoms with Crippen LogP contribution >= 0.6 is 0 Å². The molecule has 144 valence electrons. The van der Waals surface area contributed by atoms with Gasteiger partial charge in [0.2, 0.25) is 5.91 Å². The number of para-hydroxylation sites is 1. The van der Waals surface area contributed by atoms with Gasteiger partial charge in [-0.15, -0.1) is 0 Å². The number of methoxy groups -OCH3 is 1. The van der Waals surface area contributed by atoms with Crippen molar-refractivity contribution in [3.8, 4) is 5.75 Å². The number of fused-ring (bicyclic) bond motifs is 1. The topological polar surface area (TPSA) is 78.5 Å². The lowest BCUT2D eigenvalue weighted by Gasteiger charge is -2.35. The minimum atomic E-state index is -0.0609. The van der Waals surface area contributed by atoms with Crippen molar-refractivity contribution in [2.24, 2.45) is 0 Å². The summed E-state index contributed by atoms with van der Waals surface area (Å²) in [6, 6.07) is 13.1. The summed E-state index contributed by atoms with van der Waals surface area (Å²) < 4.78 is 5.29. The average molecular weight is 378 g/mol. The highest BCUT2D eigenvalue weighted by atomic mass is 16.5. The number of hydrogen-bond acceptors (Lipinski definition) is 4. The SMILES string of the molecule is COc1ccccc1C(=O)N1CCN(C(=O)Cc2ccc3cn[nH]c3c2)CC1. The number of carbonyl (C=O) groups is 2. The van der Waals surface area contributed by atoms with Crippen LogP contribution in [0, 0.1) is 0 Å². The van der Waals surface area contributed by atoms with E-state index in [1.165, 1.54) is 0 Å². The molecule has 0 unspecified atom stereocenters. The lowest BCUT2D eigenvalue weighted by atomic mass is 10.1. The number of rotatable bonds is 4. The number of H-pyrrole nitrogens is 1. The zero-order valence-electron chi connectivity index (χ0n) is 15.7. The Hall–Kier alpha value is -3.35. The second kappa shape index (κ2) is 7.72. The maximum Gasteiger partial charge on any atom is 0.257 e. The summed E-state index contributed by atoms with van der Waals surface area (Å²) in [6.45, 7) is 2.10. The fourth-order valence-electron chi connectivity index (χ4n) is 3.53. The van der Waals surface area contributed by atoms with Crippen molar-refractivity contribution >= 4 is 22.7 Å². The van der Waals surface area contributed by atoms with Gasteiger partial charge in [0.05, 0.1) is 30.8 Å². The van der Waals surface area contributed by atoms with Gasteiger partial charge in [0.15, 0.2) is 0 Å². The van der Waals surface area contributed by atoms with Crippen molar-refractivity contribution in [3.63, 3.8) is 0 Å². The lowest BCUT2D eigenvalue weighted by Crippen LogP contribution is -2.51. The van der Waals surface area contributed by atoms with E-state index in [0.29, 0.717) is 43.9 Å². The van der Waals surface area contributed by atoms with Gasteiger partial charge in [-0.25, -0.2) is 0 Å². The summed E-state index contributed by atoms with van der Waals surface area (Å²) in [5, 5.41) is 7.96. The molecule has 1 fully saturated rings. The van der Waals surface area contributed by atoms with E-state index >= 15 is 0 Å². The third-order valence-corrected chi connectivity index (χ3v) is 5.12. The average Bonchev–Trinajstić information content (AvgIpc) is 3.21. The molecule has 0 spiro atoms. The van der Waals surface area contributed by atoms with E-state index in [4.69, 9.17) is 4.74 Å². The summed E-state index contributed by atoms with van der Waals surface area (Å²) in [5.41, 5.74) is 2.43. The van der Waals surface area contributed by atoms with E-state index in [1.54, 1.807) is 30.3 Å². The molecule has 0 bridgehead atoms. The number of nitrogens with one attached hydrogen (secondary N) is 1. The first kappa shape index (κ1) is 18.0. The molecule has 1 N–H and O–H groups in total. The maximum absolute atomic E-state index is 12.8. The first-order valence-electron chi connectivity index (χ1n) is 9.28. The van der Waals surface area contributed by atoms with Crippen LogP contribution in [-0.4, -0.2) is 65.1 Å². The minimum Gasteiger partial charge on any atom is -0.496 e. The molecule has 28 heavy (non-hydrogen) atoms. The molecule has 3 aromatic rings. The van der Waals surface area contributed by atoms with Crippen molar-refractivity contribution in [3.05, 3.63) is 59.8 Å². The molecule has 1 aliphatic rings. The van der Waals surface area contributed by atoms with E-state index in [9.17, 15) is 9.59 Å². The molecule has 1 saturated heterocycles. The second-order valence-corrected chi connectivity index (χ2v) is 6.84. The van der Waals surface area contributed by atoms with Crippen LogP contribution in [0.5, 0.6) is 5.75 Å². The van der Waals surface area contributed by atoms with Gasteiger partial charge in [-0.2, -0.15) is 5.10 Å². The zero-order chi connectivity index (χ0) is 19.5. The van der Waals surface area contributed by atoms with Crippen LogP contribution in [0.15, 0.2) is 48.7 Å². The largest absolute Gasteiger partial charge is 0.496 e. The van der Waals surface area contributed by atoms with Crippen LogP contribution in [0.3, 0.4) is 0 Å². The highest BCUT2D eigenvalue weighted by Crippen LogP contribution is 2.20. The van der Waals surface area contributed by atoms with Crippen LogP contribution in [0.2, 0.25) is 0 Å².